The molecule has 1 amide bonds. The van der Waals surface area contributed by atoms with Gasteiger partial charge in [0, 0.05) is 10.4 Å². The number of amides is 1. The molecule has 0 aliphatic heterocycles. The van der Waals surface area contributed by atoms with Crippen LogP contribution in [-0.2, 0) is 4.79 Å². The third kappa shape index (κ3) is 4.00. The topological polar surface area (TPSA) is 49.3 Å². The summed E-state index contributed by atoms with van der Waals surface area (Å²) in [6.45, 7) is 7.29. The van der Waals surface area contributed by atoms with E-state index in [0.717, 1.165) is 5.56 Å². The van der Waals surface area contributed by atoms with Crippen molar-refractivity contribution in [2.75, 3.05) is 0 Å². The van der Waals surface area contributed by atoms with E-state index in [1.807, 2.05) is 20.8 Å². The van der Waals surface area contributed by atoms with Crippen molar-refractivity contribution in [1.82, 2.24) is 5.32 Å². The van der Waals surface area contributed by atoms with Crippen molar-refractivity contribution in [1.29, 1.82) is 0 Å². The summed E-state index contributed by atoms with van der Waals surface area (Å²) in [4.78, 5) is 11.8. The van der Waals surface area contributed by atoms with Crippen molar-refractivity contribution in [3.63, 3.8) is 0 Å². The number of aliphatic hydroxyl groups excluding tert-OH is 1. The van der Waals surface area contributed by atoms with Crippen LogP contribution in [0.3, 0.4) is 0 Å². The Morgan fingerprint density at radius 2 is 1.78 bits per heavy atom. The minimum absolute atomic E-state index is 0.0805. The van der Waals surface area contributed by atoms with Crippen molar-refractivity contribution in [3.05, 3.63) is 34.9 Å². The Kier molecular flexibility index (Phi) is 4.77. The van der Waals surface area contributed by atoms with Crippen molar-refractivity contribution in [2.24, 2.45) is 5.41 Å². The SMILES string of the molecule is CC(NC(=O)C(C)(C)C)C(O)c1ccc(Cl)cc1. The van der Waals surface area contributed by atoms with Gasteiger partial charge >= 0.3 is 0 Å². The fraction of sp³-hybridized carbons (Fsp3) is 0.500. The van der Waals surface area contributed by atoms with E-state index in [1.165, 1.54) is 0 Å². The molecule has 0 heterocycles. The van der Waals surface area contributed by atoms with Gasteiger partial charge in [-0.05, 0) is 24.6 Å². The number of rotatable bonds is 3. The number of hydrogen-bond acceptors (Lipinski definition) is 2. The third-order valence-electron chi connectivity index (χ3n) is 2.73. The largest absolute Gasteiger partial charge is 0.386 e. The first-order valence-corrected chi connectivity index (χ1v) is 6.34. The van der Waals surface area contributed by atoms with Crippen molar-refractivity contribution >= 4 is 17.5 Å². The first-order valence-electron chi connectivity index (χ1n) is 5.96. The zero-order valence-electron chi connectivity index (χ0n) is 11.2. The van der Waals surface area contributed by atoms with Gasteiger partial charge in [-0.3, -0.25) is 4.79 Å². The van der Waals surface area contributed by atoms with Gasteiger partial charge in [0.15, 0.2) is 0 Å². The Morgan fingerprint density at radius 3 is 2.22 bits per heavy atom. The molecule has 100 valence electrons. The molecule has 0 saturated heterocycles. The Labute approximate surface area is 113 Å². The smallest absolute Gasteiger partial charge is 0.225 e. The van der Waals surface area contributed by atoms with Crippen LogP contribution in [0.4, 0.5) is 0 Å². The highest BCUT2D eigenvalue weighted by atomic mass is 35.5. The molecule has 0 aromatic heterocycles. The van der Waals surface area contributed by atoms with E-state index in [4.69, 9.17) is 11.6 Å². The van der Waals surface area contributed by atoms with Crippen LogP contribution in [0.1, 0.15) is 39.4 Å². The first kappa shape index (κ1) is 15.0. The lowest BCUT2D eigenvalue weighted by molar-refractivity contribution is -0.130. The molecule has 4 heteroatoms. The molecule has 1 aromatic rings. The summed E-state index contributed by atoms with van der Waals surface area (Å²) in [5.74, 6) is -0.0805. The second kappa shape index (κ2) is 5.72. The summed E-state index contributed by atoms with van der Waals surface area (Å²) in [5.41, 5.74) is 0.273. The monoisotopic (exact) mass is 269 g/mol. The number of halogens is 1. The Bertz CT molecular complexity index is 409. The summed E-state index contributed by atoms with van der Waals surface area (Å²) < 4.78 is 0. The summed E-state index contributed by atoms with van der Waals surface area (Å²) >= 11 is 5.79. The first-order chi connectivity index (χ1) is 8.21. The fourth-order valence-electron chi connectivity index (χ4n) is 1.45. The Morgan fingerprint density at radius 1 is 1.28 bits per heavy atom. The minimum atomic E-state index is -0.742. The van der Waals surface area contributed by atoms with Crippen LogP contribution in [0.2, 0.25) is 5.02 Å². The molecule has 0 bridgehead atoms. The zero-order chi connectivity index (χ0) is 13.9. The summed E-state index contributed by atoms with van der Waals surface area (Å²) in [6, 6.07) is 6.61. The normalized spacial score (nSPS) is 15.0. The molecule has 0 aliphatic rings. The number of aliphatic hydroxyl groups is 1. The molecule has 0 aliphatic carbocycles. The Hall–Kier alpha value is -1.06. The van der Waals surface area contributed by atoms with E-state index < -0.39 is 11.5 Å². The predicted octanol–water partition coefficient (Wildman–Crippen LogP) is 2.92. The fourth-order valence-corrected chi connectivity index (χ4v) is 1.58. The summed E-state index contributed by atoms with van der Waals surface area (Å²) in [5, 5.41) is 13.6. The molecule has 2 unspecified atom stereocenters. The molecular weight excluding hydrogens is 250 g/mol. The van der Waals surface area contributed by atoms with Crippen LogP contribution < -0.4 is 5.32 Å². The van der Waals surface area contributed by atoms with Gasteiger partial charge in [0.2, 0.25) is 5.91 Å². The van der Waals surface area contributed by atoms with Gasteiger partial charge in [0.05, 0.1) is 12.1 Å². The maximum atomic E-state index is 11.8. The van der Waals surface area contributed by atoms with Gasteiger partial charge in [-0.25, -0.2) is 0 Å². The van der Waals surface area contributed by atoms with Crippen LogP contribution in [0.25, 0.3) is 0 Å². The zero-order valence-corrected chi connectivity index (χ0v) is 12.0. The second-order valence-corrected chi connectivity index (χ2v) is 5.94. The highest BCUT2D eigenvalue weighted by Gasteiger charge is 2.25. The van der Waals surface area contributed by atoms with E-state index in [-0.39, 0.29) is 11.9 Å². The van der Waals surface area contributed by atoms with Gasteiger partial charge < -0.3 is 10.4 Å². The molecule has 0 fully saturated rings. The number of carbonyl (C=O) groups is 1. The molecule has 2 atom stereocenters. The van der Waals surface area contributed by atoms with E-state index in [0.29, 0.717) is 5.02 Å². The Balaban J connectivity index is 2.70. The number of benzene rings is 1. The van der Waals surface area contributed by atoms with E-state index >= 15 is 0 Å². The van der Waals surface area contributed by atoms with E-state index in [9.17, 15) is 9.90 Å². The van der Waals surface area contributed by atoms with Crippen LogP contribution in [-0.4, -0.2) is 17.1 Å². The van der Waals surface area contributed by atoms with Gasteiger partial charge in [0.25, 0.3) is 0 Å². The van der Waals surface area contributed by atoms with E-state index in [1.54, 1.807) is 31.2 Å². The molecule has 0 spiro atoms. The second-order valence-electron chi connectivity index (χ2n) is 5.51. The predicted molar refractivity (Wildman–Crippen MR) is 73.5 cm³/mol. The van der Waals surface area contributed by atoms with Crippen LogP contribution >= 0.6 is 11.6 Å². The van der Waals surface area contributed by atoms with Gasteiger partial charge in [-0.1, -0.05) is 44.5 Å². The van der Waals surface area contributed by atoms with Crippen LogP contribution in [0.5, 0.6) is 0 Å². The quantitative estimate of drug-likeness (QED) is 0.886. The van der Waals surface area contributed by atoms with Gasteiger partial charge in [0.1, 0.15) is 0 Å². The number of carbonyl (C=O) groups excluding carboxylic acids is 1. The van der Waals surface area contributed by atoms with Crippen molar-refractivity contribution in [3.8, 4) is 0 Å². The van der Waals surface area contributed by atoms with Crippen molar-refractivity contribution in [2.45, 2.75) is 39.8 Å². The molecule has 18 heavy (non-hydrogen) atoms. The lowest BCUT2D eigenvalue weighted by atomic mass is 9.94. The van der Waals surface area contributed by atoms with Gasteiger partial charge in [-0.2, -0.15) is 0 Å². The average molecular weight is 270 g/mol. The van der Waals surface area contributed by atoms with Crippen LogP contribution in [0, 0.1) is 5.41 Å². The minimum Gasteiger partial charge on any atom is -0.386 e. The molecule has 1 aromatic carbocycles. The summed E-state index contributed by atoms with van der Waals surface area (Å²) in [6.07, 6.45) is -0.742. The average Bonchev–Trinajstić information content (AvgIpc) is 2.27. The number of hydrogen-bond donors (Lipinski definition) is 2. The lowest BCUT2D eigenvalue weighted by Gasteiger charge is -2.25. The maximum absolute atomic E-state index is 11.8. The highest BCUT2D eigenvalue weighted by molar-refractivity contribution is 6.30. The van der Waals surface area contributed by atoms with Gasteiger partial charge in [-0.15, -0.1) is 0 Å². The lowest BCUT2D eigenvalue weighted by Crippen LogP contribution is -2.43. The van der Waals surface area contributed by atoms with Crippen LogP contribution in [0.15, 0.2) is 24.3 Å². The summed E-state index contributed by atoms with van der Waals surface area (Å²) in [7, 11) is 0. The molecule has 0 saturated carbocycles. The maximum Gasteiger partial charge on any atom is 0.225 e. The molecule has 1 rings (SSSR count). The number of nitrogens with one attached hydrogen (secondary N) is 1. The third-order valence-corrected chi connectivity index (χ3v) is 2.98. The van der Waals surface area contributed by atoms with Crippen molar-refractivity contribution < 1.29 is 9.90 Å². The standard InChI is InChI=1S/C14H20ClNO2/c1-9(16-13(18)14(2,3)4)12(17)10-5-7-11(15)8-6-10/h5-9,12,17H,1-4H3,(H,16,18). The highest BCUT2D eigenvalue weighted by Crippen LogP contribution is 2.20. The molecule has 0 radical (unpaired) electrons. The molecule has 3 nitrogen and oxygen atoms in total. The molecule has 2 N–H and O–H groups in total. The van der Waals surface area contributed by atoms with E-state index in [2.05, 4.69) is 5.32 Å². The molecular formula is C14H20ClNO2.